The summed E-state index contributed by atoms with van der Waals surface area (Å²) in [4.78, 5) is 72.5. The number of carboxylic acids is 1. The average molecular weight is 824 g/mol. The molecule has 0 spiro atoms. The van der Waals surface area contributed by atoms with Gasteiger partial charge in [0, 0.05) is 27.8 Å². The molecule has 338 valence electrons. The number of nitrogens with one attached hydrogen (secondary N) is 2. The summed E-state index contributed by atoms with van der Waals surface area (Å²) in [7, 11) is 6.80. The predicted molar refractivity (Wildman–Crippen MR) is 231 cm³/mol. The molecule has 1 fully saturated rings. The van der Waals surface area contributed by atoms with E-state index in [1.54, 1.807) is 30.9 Å². The van der Waals surface area contributed by atoms with Crippen LogP contribution in [0.1, 0.15) is 152 Å². The molecule has 0 unspecified atom stereocenters. The topological polar surface area (TPSA) is 158 Å². The van der Waals surface area contributed by atoms with Gasteiger partial charge in [0.25, 0.3) is 0 Å². The maximum Gasteiger partial charge on any atom is 0.325 e. The maximum atomic E-state index is 14.5. The third kappa shape index (κ3) is 16.7. The second-order valence-corrected chi connectivity index (χ2v) is 17.7. The lowest BCUT2D eigenvalue weighted by Crippen LogP contribution is -2.60. The first kappa shape index (κ1) is 53.2. The lowest BCUT2D eigenvalue weighted by molar-refractivity contribution is -0.148. The molecule has 0 aromatic rings. The molecule has 0 bridgehead atoms. The Kier molecular flexibility index (Phi) is 25.6. The van der Waals surface area contributed by atoms with E-state index in [9.17, 15) is 29.1 Å². The molecule has 9 atom stereocenters. The van der Waals surface area contributed by atoms with Crippen LogP contribution in [-0.4, -0.2) is 133 Å². The van der Waals surface area contributed by atoms with Gasteiger partial charge in [-0.2, -0.15) is 0 Å². The number of carbonyl (C=O) groups is 5. The van der Waals surface area contributed by atoms with Crippen LogP contribution in [0.4, 0.5) is 0 Å². The highest BCUT2D eigenvalue weighted by atomic mass is 16.5. The van der Waals surface area contributed by atoms with Gasteiger partial charge in [-0.15, -0.1) is 0 Å². The van der Waals surface area contributed by atoms with Crippen molar-refractivity contribution in [2.24, 2.45) is 23.7 Å². The van der Waals surface area contributed by atoms with Gasteiger partial charge < -0.3 is 35.0 Å². The second kappa shape index (κ2) is 27.9. The van der Waals surface area contributed by atoms with Crippen LogP contribution in [0.15, 0.2) is 0 Å². The third-order valence-corrected chi connectivity index (χ3v) is 12.5. The zero-order chi connectivity index (χ0) is 44.1. The highest BCUT2D eigenvalue weighted by molar-refractivity contribution is 5.90. The van der Waals surface area contributed by atoms with E-state index >= 15 is 0 Å². The Morgan fingerprint density at radius 1 is 0.776 bits per heavy atom. The number of amides is 4. The molecular formula is C45H85N5O8. The largest absolute Gasteiger partial charge is 0.480 e. The van der Waals surface area contributed by atoms with E-state index in [1.807, 2.05) is 48.6 Å². The molecule has 0 aromatic carbocycles. The molecule has 0 aromatic heterocycles. The van der Waals surface area contributed by atoms with Crippen LogP contribution >= 0.6 is 0 Å². The van der Waals surface area contributed by atoms with Crippen LogP contribution in [0.2, 0.25) is 0 Å². The minimum absolute atomic E-state index is 0.00453. The highest BCUT2D eigenvalue weighted by Crippen LogP contribution is 2.30. The van der Waals surface area contributed by atoms with Crippen molar-refractivity contribution >= 4 is 29.6 Å². The Labute approximate surface area is 352 Å². The predicted octanol–water partition coefficient (Wildman–Crippen LogP) is 6.51. The van der Waals surface area contributed by atoms with Gasteiger partial charge in [0.05, 0.1) is 42.7 Å². The quantitative estimate of drug-likeness (QED) is 0.0687. The molecule has 0 radical (unpaired) electrons. The van der Waals surface area contributed by atoms with Gasteiger partial charge in [0.15, 0.2) is 0 Å². The fourth-order valence-electron chi connectivity index (χ4n) is 8.68. The summed E-state index contributed by atoms with van der Waals surface area (Å²) >= 11 is 0. The Morgan fingerprint density at radius 2 is 1.34 bits per heavy atom. The summed E-state index contributed by atoms with van der Waals surface area (Å²) in [5, 5.41) is 15.0. The number of likely N-dealkylation sites (tertiary alicyclic amines) is 1. The number of carboxylic acid groups (broad SMARTS) is 1. The molecule has 58 heavy (non-hydrogen) atoms. The van der Waals surface area contributed by atoms with Crippen LogP contribution in [0.3, 0.4) is 0 Å². The summed E-state index contributed by atoms with van der Waals surface area (Å²) in [5.74, 6) is -3.03. The van der Waals surface area contributed by atoms with Gasteiger partial charge in [-0.3, -0.25) is 28.9 Å². The van der Waals surface area contributed by atoms with E-state index < -0.39 is 54.2 Å². The van der Waals surface area contributed by atoms with Gasteiger partial charge in [-0.05, 0) is 57.5 Å². The highest BCUT2D eigenvalue weighted by Gasteiger charge is 2.43. The summed E-state index contributed by atoms with van der Waals surface area (Å²) in [6, 6.07) is -3.08. The van der Waals surface area contributed by atoms with Crippen molar-refractivity contribution in [2.45, 2.75) is 195 Å². The summed E-state index contributed by atoms with van der Waals surface area (Å²) < 4.78 is 11.8. The maximum absolute atomic E-state index is 14.5. The Bertz CT molecular complexity index is 1230. The molecule has 13 nitrogen and oxygen atoms in total. The molecule has 1 saturated heterocycles. The molecule has 13 heteroatoms. The van der Waals surface area contributed by atoms with E-state index in [4.69, 9.17) is 9.47 Å². The normalized spacial score (nSPS) is 18.7. The van der Waals surface area contributed by atoms with Gasteiger partial charge >= 0.3 is 5.97 Å². The monoisotopic (exact) mass is 824 g/mol. The van der Waals surface area contributed by atoms with Crippen LogP contribution < -0.4 is 10.6 Å². The van der Waals surface area contributed by atoms with Crippen molar-refractivity contribution in [3.63, 3.8) is 0 Å². The fourth-order valence-corrected chi connectivity index (χ4v) is 8.68. The zero-order valence-corrected chi connectivity index (χ0v) is 38.8. The number of hydrogen-bond donors (Lipinski definition) is 3. The van der Waals surface area contributed by atoms with Gasteiger partial charge in [-0.1, -0.05) is 120 Å². The average Bonchev–Trinajstić information content (AvgIpc) is 3.66. The number of ether oxygens (including phenoxy) is 2. The Hall–Kier alpha value is -2.77. The van der Waals surface area contributed by atoms with Crippen LogP contribution in [0.5, 0.6) is 0 Å². The second-order valence-electron chi connectivity index (χ2n) is 17.7. The van der Waals surface area contributed by atoms with E-state index in [2.05, 4.69) is 22.5 Å². The van der Waals surface area contributed by atoms with Crippen molar-refractivity contribution in [2.75, 3.05) is 41.4 Å². The van der Waals surface area contributed by atoms with Crippen molar-refractivity contribution < 1.29 is 38.6 Å². The molecule has 0 saturated carbocycles. The van der Waals surface area contributed by atoms with Crippen molar-refractivity contribution in [1.29, 1.82) is 0 Å². The van der Waals surface area contributed by atoms with Crippen LogP contribution in [-0.2, 0) is 33.4 Å². The fraction of sp³-hybridized carbons (Fsp3) is 0.889. The molecule has 0 aliphatic carbocycles. The van der Waals surface area contributed by atoms with E-state index in [0.29, 0.717) is 13.0 Å². The van der Waals surface area contributed by atoms with Crippen molar-refractivity contribution in [3.8, 4) is 0 Å². The number of unbranched alkanes of at least 4 members (excludes halogenated alkanes) is 9. The smallest absolute Gasteiger partial charge is 0.325 e. The first-order chi connectivity index (χ1) is 27.4. The third-order valence-electron chi connectivity index (χ3n) is 12.5. The molecule has 1 rings (SSSR count). The lowest BCUT2D eigenvalue weighted by atomic mass is 9.89. The Morgan fingerprint density at radius 3 is 1.83 bits per heavy atom. The number of rotatable bonds is 30. The van der Waals surface area contributed by atoms with E-state index in [1.165, 1.54) is 65.4 Å². The SMILES string of the molecule is CCCCCCCCCCCCN(C)[C@H](C(=O)N[C@H](C(=O)N(C)[C@@H]([C@@H](C)CC)[C@@H](CC(=O)N1CCC[C@H]1[C@H](OC)[C@@H](C)C(=O)N[C@@H](C)C(=O)O)OC)C(C)C)C(C)C. The van der Waals surface area contributed by atoms with Gasteiger partial charge in [0.2, 0.25) is 23.6 Å². The van der Waals surface area contributed by atoms with E-state index in [0.717, 1.165) is 32.2 Å². The minimum Gasteiger partial charge on any atom is -0.480 e. The molecule has 1 aliphatic rings. The van der Waals surface area contributed by atoms with Crippen molar-refractivity contribution in [3.05, 3.63) is 0 Å². The van der Waals surface area contributed by atoms with Gasteiger partial charge in [-0.25, -0.2) is 0 Å². The summed E-state index contributed by atoms with van der Waals surface area (Å²) in [5.41, 5.74) is 0. The molecule has 3 N–H and O–H groups in total. The first-order valence-electron chi connectivity index (χ1n) is 22.5. The standard InChI is InChI=1S/C45H85N5O8/c1-14-16-17-18-19-20-21-22-23-24-27-48(10)39(31(5)6)43(53)47-38(30(3)4)44(54)49(11)40(32(7)15-2)36(57-12)29-37(51)50-28-25-26-35(50)41(58-13)33(8)42(52)46-34(9)45(55)56/h30-36,38-41H,14-29H2,1-13H3,(H,46,52)(H,47,53)(H,55,56)/t32-,33+,34-,35-,36+,38-,39-,40-,41+/m0/s1. The van der Waals surface area contributed by atoms with Crippen molar-refractivity contribution in [1.82, 2.24) is 25.3 Å². The van der Waals surface area contributed by atoms with Gasteiger partial charge in [0.1, 0.15) is 12.1 Å². The zero-order valence-electron chi connectivity index (χ0n) is 38.8. The number of carbonyl (C=O) groups excluding carboxylic acids is 4. The Balaban J connectivity index is 3.09. The number of hydrogen-bond acceptors (Lipinski definition) is 8. The number of nitrogens with zero attached hydrogens (tertiary/aromatic N) is 3. The van der Waals surface area contributed by atoms with Crippen LogP contribution in [0.25, 0.3) is 0 Å². The molecule has 1 aliphatic heterocycles. The molecule has 1 heterocycles. The first-order valence-corrected chi connectivity index (χ1v) is 22.5. The van der Waals surface area contributed by atoms with E-state index in [-0.39, 0.29) is 47.9 Å². The summed E-state index contributed by atoms with van der Waals surface area (Å²) in [6.45, 7) is 18.7. The lowest BCUT2D eigenvalue weighted by Gasteiger charge is -2.41. The number of aliphatic carboxylic acids is 1. The summed E-state index contributed by atoms with van der Waals surface area (Å²) in [6.07, 6.45) is 13.3. The number of methoxy groups -OCH3 is 2. The molecular weight excluding hydrogens is 739 g/mol. The minimum atomic E-state index is -1.14. The van der Waals surface area contributed by atoms with Crippen LogP contribution in [0, 0.1) is 23.7 Å². The number of likely N-dealkylation sites (N-methyl/N-ethyl adjacent to an activating group) is 2. The molecule has 4 amide bonds.